The molecule has 1 N–H and O–H groups in total. The summed E-state index contributed by atoms with van der Waals surface area (Å²) in [7, 11) is 0. The van der Waals surface area contributed by atoms with Crippen LogP contribution in [0.4, 0.5) is 0 Å². The highest BCUT2D eigenvalue weighted by atomic mass is 16.7. The number of hydrogen-bond donors (Lipinski definition) is 1. The third kappa shape index (κ3) is 5.61. The highest BCUT2D eigenvalue weighted by Crippen LogP contribution is 2.27. The number of carbonyl (C=O) groups is 1. The van der Waals surface area contributed by atoms with Crippen LogP contribution < -0.4 is 0 Å². The van der Waals surface area contributed by atoms with E-state index >= 15 is 0 Å². The average molecular weight is 372 g/mol. The zero-order valence-corrected chi connectivity index (χ0v) is 15.2. The summed E-state index contributed by atoms with van der Waals surface area (Å²) in [4.78, 5) is 11.4. The molecule has 1 heterocycles. The lowest BCUT2D eigenvalue weighted by Gasteiger charge is -2.23. The highest BCUT2D eigenvalue weighted by Gasteiger charge is 2.47. The van der Waals surface area contributed by atoms with Crippen molar-refractivity contribution in [1.29, 1.82) is 0 Å². The number of hydrogen-bond acceptors (Lipinski definition) is 6. The molecule has 0 amide bonds. The standard InChI is InChI=1S/C21H24O6/c1-15(22)26-20-19(25-13-17-10-6-3-7-11-17)18(27-21(20)23)14-24-12-16-8-4-2-5-9-16/h2-11,18-21,23H,12-14H2,1H3/t18-,19-,20-,21-/m1/s1. The van der Waals surface area contributed by atoms with Crippen molar-refractivity contribution >= 4 is 5.97 Å². The van der Waals surface area contributed by atoms with Crippen LogP contribution in [-0.4, -0.2) is 42.3 Å². The Labute approximate surface area is 158 Å². The SMILES string of the molecule is CC(=O)O[C@@H]1[C@H](OCc2ccccc2)[C@@H](COCc2ccccc2)O[C@H]1O. The second kappa shape index (κ2) is 9.62. The molecule has 0 aliphatic carbocycles. The Balaban J connectivity index is 1.61. The molecule has 6 heteroatoms. The first-order valence-corrected chi connectivity index (χ1v) is 8.91. The molecule has 144 valence electrons. The number of carbonyl (C=O) groups excluding carboxylic acids is 1. The molecule has 1 saturated heterocycles. The van der Waals surface area contributed by atoms with Gasteiger partial charge in [-0.1, -0.05) is 60.7 Å². The topological polar surface area (TPSA) is 74.2 Å². The molecule has 1 fully saturated rings. The van der Waals surface area contributed by atoms with E-state index in [0.717, 1.165) is 11.1 Å². The number of aliphatic hydroxyl groups is 1. The maximum atomic E-state index is 11.4. The van der Waals surface area contributed by atoms with Gasteiger partial charge in [-0.05, 0) is 11.1 Å². The number of esters is 1. The number of rotatable bonds is 8. The molecule has 1 aliphatic heterocycles. The van der Waals surface area contributed by atoms with Gasteiger partial charge in [-0.15, -0.1) is 0 Å². The fraction of sp³-hybridized carbons (Fsp3) is 0.381. The van der Waals surface area contributed by atoms with Crippen LogP contribution in [0, 0.1) is 0 Å². The summed E-state index contributed by atoms with van der Waals surface area (Å²) >= 11 is 0. The van der Waals surface area contributed by atoms with Crippen molar-refractivity contribution in [2.75, 3.05) is 6.61 Å². The average Bonchev–Trinajstić information content (AvgIpc) is 2.96. The van der Waals surface area contributed by atoms with E-state index in [1.54, 1.807) is 0 Å². The van der Waals surface area contributed by atoms with Gasteiger partial charge < -0.3 is 24.1 Å². The first kappa shape index (κ1) is 19.5. The van der Waals surface area contributed by atoms with Gasteiger partial charge in [-0.25, -0.2) is 0 Å². The van der Waals surface area contributed by atoms with Gasteiger partial charge in [0.05, 0.1) is 19.8 Å². The molecule has 2 aromatic carbocycles. The van der Waals surface area contributed by atoms with Crippen molar-refractivity contribution in [3.8, 4) is 0 Å². The van der Waals surface area contributed by atoms with Crippen LogP contribution in [-0.2, 0) is 37.0 Å². The molecular formula is C21H24O6. The van der Waals surface area contributed by atoms with E-state index in [1.165, 1.54) is 6.92 Å². The fourth-order valence-electron chi connectivity index (χ4n) is 2.99. The quantitative estimate of drug-likeness (QED) is 0.718. The second-order valence-corrected chi connectivity index (χ2v) is 6.40. The summed E-state index contributed by atoms with van der Waals surface area (Å²) in [5, 5.41) is 10.2. The van der Waals surface area contributed by atoms with E-state index < -0.39 is 30.6 Å². The lowest BCUT2D eigenvalue weighted by atomic mass is 10.1. The van der Waals surface area contributed by atoms with Gasteiger partial charge in [-0.2, -0.15) is 0 Å². The molecule has 0 radical (unpaired) electrons. The van der Waals surface area contributed by atoms with Crippen LogP contribution in [0.3, 0.4) is 0 Å². The lowest BCUT2D eigenvalue weighted by Crippen LogP contribution is -2.40. The van der Waals surface area contributed by atoms with Crippen molar-refractivity contribution in [3.63, 3.8) is 0 Å². The van der Waals surface area contributed by atoms with Gasteiger partial charge in [0.1, 0.15) is 12.2 Å². The van der Waals surface area contributed by atoms with Gasteiger partial charge in [0, 0.05) is 6.92 Å². The molecule has 6 nitrogen and oxygen atoms in total. The van der Waals surface area contributed by atoms with Gasteiger partial charge >= 0.3 is 5.97 Å². The molecule has 0 bridgehead atoms. The zero-order valence-electron chi connectivity index (χ0n) is 15.2. The van der Waals surface area contributed by atoms with E-state index in [4.69, 9.17) is 18.9 Å². The lowest BCUT2D eigenvalue weighted by molar-refractivity contribution is -0.172. The summed E-state index contributed by atoms with van der Waals surface area (Å²) in [6.45, 7) is 2.23. The Kier molecular flexibility index (Phi) is 6.95. The van der Waals surface area contributed by atoms with Gasteiger partial charge in [0.2, 0.25) is 0 Å². The third-order valence-corrected chi connectivity index (χ3v) is 4.27. The molecule has 1 aliphatic rings. The Morgan fingerprint density at radius 1 is 0.963 bits per heavy atom. The molecule has 3 rings (SSSR count). The molecule has 0 saturated carbocycles. The molecule has 0 aromatic heterocycles. The Hall–Kier alpha value is -2.25. The van der Waals surface area contributed by atoms with Crippen molar-refractivity contribution in [2.24, 2.45) is 0 Å². The van der Waals surface area contributed by atoms with E-state index in [0.29, 0.717) is 13.2 Å². The Morgan fingerprint density at radius 3 is 2.15 bits per heavy atom. The zero-order chi connectivity index (χ0) is 19.1. The van der Waals surface area contributed by atoms with Crippen LogP contribution in [0.15, 0.2) is 60.7 Å². The summed E-state index contributed by atoms with van der Waals surface area (Å²) in [5.74, 6) is -0.498. The van der Waals surface area contributed by atoms with Gasteiger partial charge in [0.15, 0.2) is 12.4 Å². The molecule has 27 heavy (non-hydrogen) atoms. The molecular weight excluding hydrogens is 348 g/mol. The first-order chi connectivity index (χ1) is 13.1. The van der Waals surface area contributed by atoms with Crippen LogP contribution in [0.2, 0.25) is 0 Å². The van der Waals surface area contributed by atoms with E-state index in [2.05, 4.69) is 0 Å². The Bertz CT molecular complexity index is 705. The number of benzene rings is 2. The van der Waals surface area contributed by atoms with Crippen LogP contribution in [0.1, 0.15) is 18.1 Å². The van der Waals surface area contributed by atoms with Crippen LogP contribution >= 0.6 is 0 Å². The number of ether oxygens (including phenoxy) is 4. The maximum absolute atomic E-state index is 11.4. The van der Waals surface area contributed by atoms with E-state index in [1.807, 2.05) is 60.7 Å². The van der Waals surface area contributed by atoms with Crippen molar-refractivity contribution < 1.29 is 28.8 Å². The van der Waals surface area contributed by atoms with E-state index in [-0.39, 0.29) is 6.61 Å². The molecule has 0 spiro atoms. The van der Waals surface area contributed by atoms with E-state index in [9.17, 15) is 9.90 Å². The predicted molar refractivity (Wildman–Crippen MR) is 97.6 cm³/mol. The molecule has 4 atom stereocenters. The maximum Gasteiger partial charge on any atom is 0.303 e. The van der Waals surface area contributed by atoms with Crippen molar-refractivity contribution in [2.45, 2.75) is 44.7 Å². The summed E-state index contributed by atoms with van der Waals surface area (Å²) < 4.78 is 22.4. The number of aliphatic hydroxyl groups excluding tert-OH is 1. The van der Waals surface area contributed by atoms with Crippen LogP contribution in [0.25, 0.3) is 0 Å². The minimum Gasteiger partial charge on any atom is -0.454 e. The van der Waals surface area contributed by atoms with Gasteiger partial charge in [0.25, 0.3) is 0 Å². The second-order valence-electron chi connectivity index (χ2n) is 6.40. The van der Waals surface area contributed by atoms with Crippen molar-refractivity contribution in [3.05, 3.63) is 71.8 Å². The Morgan fingerprint density at radius 2 is 1.56 bits per heavy atom. The smallest absolute Gasteiger partial charge is 0.303 e. The minimum absolute atomic E-state index is 0.211. The van der Waals surface area contributed by atoms with Gasteiger partial charge in [-0.3, -0.25) is 4.79 Å². The molecule has 2 aromatic rings. The third-order valence-electron chi connectivity index (χ3n) is 4.27. The minimum atomic E-state index is -1.25. The summed E-state index contributed by atoms with van der Waals surface area (Å²) in [6, 6.07) is 19.4. The monoisotopic (exact) mass is 372 g/mol. The normalized spacial score (nSPS) is 24.7. The molecule has 0 unspecified atom stereocenters. The van der Waals surface area contributed by atoms with Crippen molar-refractivity contribution in [1.82, 2.24) is 0 Å². The predicted octanol–water partition coefficient (Wildman–Crippen LogP) is 2.44. The largest absolute Gasteiger partial charge is 0.454 e. The van der Waals surface area contributed by atoms with Crippen LogP contribution in [0.5, 0.6) is 0 Å². The summed E-state index contributed by atoms with van der Waals surface area (Å²) in [5.41, 5.74) is 2.01. The summed E-state index contributed by atoms with van der Waals surface area (Å²) in [6.07, 6.45) is -3.31. The highest BCUT2D eigenvalue weighted by molar-refractivity contribution is 5.66. The fourth-order valence-corrected chi connectivity index (χ4v) is 2.99. The first-order valence-electron chi connectivity index (χ1n) is 8.91.